The molecule has 28 heavy (non-hydrogen) atoms. The molecule has 1 fully saturated rings. The third-order valence-electron chi connectivity index (χ3n) is 5.36. The van der Waals surface area contributed by atoms with Crippen LogP contribution in [0.2, 0.25) is 0 Å². The van der Waals surface area contributed by atoms with Gasteiger partial charge in [-0.15, -0.1) is 0 Å². The summed E-state index contributed by atoms with van der Waals surface area (Å²) >= 11 is 0. The first kappa shape index (κ1) is 18.8. The molecule has 2 amide bonds. The molecule has 1 aromatic heterocycles. The van der Waals surface area contributed by atoms with E-state index in [1.165, 1.54) is 0 Å². The largest absolute Gasteiger partial charge is 0.337 e. The standard InChI is InChI=1S/C19H21N3O5S/c1-28(25,26)11-10-15(17-20-16(21-27-17)12-6-2-3-7-12)22-18(23)13-8-4-5-9-14(13)19(22)24/h4-5,8-9,12,15H,2-3,6-7,10-11H2,1H3/t15-/m1/s1. The van der Waals surface area contributed by atoms with Crippen LogP contribution in [0.5, 0.6) is 0 Å². The molecule has 2 aromatic rings. The van der Waals surface area contributed by atoms with Crippen LogP contribution in [0, 0.1) is 0 Å². The molecule has 8 nitrogen and oxygen atoms in total. The van der Waals surface area contributed by atoms with Gasteiger partial charge in [0.15, 0.2) is 5.82 Å². The molecule has 0 unspecified atom stereocenters. The number of hydrogen-bond donors (Lipinski definition) is 0. The predicted octanol–water partition coefficient (Wildman–Crippen LogP) is 2.50. The number of amides is 2. The highest BCUT2D eigenvalue weighted by Crippen LogP contribution is 2.36. The Morgan fingerprint density at radius 3 is 2.32 bits per heavy atom. The highest BCUT2D eigenvalue weighted by atomic mass is 32.2. The molecule has 0 spiro atoms. The van der Waals surface area contributed by atoms with Crippen molar-refractivity contribution in [2.75, 3.05) is 12.0 Å². The van der Waals surface area contributed by atoms with E-state index in [0.717, 1.165) is 36.8 Å². The number of hydrogen-bond acceptors (Lipinski definition) is 7. The highest BCUT2D eigenvalue weighted by Gasteiger charge is 2.43. The molecular formula is C19H21N3O5S. The minimum Gasteiger partial charge on any atom is -0.337 e. The van der Waals surface area contributed by atoms with E-state index in [2.05, 4.69) is 10.1 Å². The van der Waals surface area contributed by atoms with Crippen molar-refractivity contribution in [1.82, 2.24) is 15.0 Å². The Bertz CT molecular complexity index is 989. The average Bonchev–Trinajstić information content (AvgIpc) is 3.38. The zero-order valence-electron chi connectivity index (χ0n) is 15.5. The fourth-order valence-electron chi connectivity index (χ4n) is 3.91. The van der Waals surface area contributed by atoms with Gasteiger partial charge >= 0.3 is 0 Å². The molecule has 1 saturated carbocycles. The van der Waals surface area contributed by atoms with Gasteiger partial charge < -0.3 is 4.52 Å². The van der Waals surface area contributed by atoms with Crippen LogP contribution >= 0.6 is 0 Å². The Balaban J connectivity index is 1.68. The van der Waals surface area contributed by atoms with Gasteiger partial charge in [0.05, 0.1) is 16.9 Å². The smallest absolute Gasteiger partial charge is 0.262 e. The number of nitrogens with zero attached hydrogens (tertiary/aromatic N) is 3. The second kappa shape index (κ2) is 7.12. The van der Waals surface area contributed by atoms with E-state index >= 15 is 0 Å². The molecule has 2 aliphatic rings. The van der Waals surface area contributed by atoms with Crippen molar-refractivity contribution in [2.24, 2.45) is 0 Å². The first-order valence-electron chi connectivity index (χ1n) is 9.33. The van der Waals surface area contributed by atoms with Crippen LogP contribution in [0.15, 0.2) is 28.8 Å². The minimum atomic E-state index is -3.31. The number of carbonyl (C=O) groups is 2. The Labute approximate surface area is 162 Å². The van der Waals surface area contributed by atoms with Crippen LogP contribution in [0.1, 0.15) is 76.5 Å². The molecule has 1 aliphatic heterocycles. The Hall–Kier alpha value is -2.55. The molecule has 0 radical (unpaired) electrons. The van der Waals surface area contributed by atoms with E-state index in [0.29, 0.717) is 17.0 Å². The van der Waals surface area contributed by atoms with Gasteiger partial charge in [-0.2, -0.15) is 4.98 Å². The molecule has 0 saturated heterocycles. The lowest BCUT2D eigenvalue weighted by molar-refractivity contribution is 0.0547. The van der Waals surface area contributed by atoms with Gasteiger partial charge in [-0.1, -0.05) is 30.1 Å². The monoisotopic (exact) mass is 403 g/mol. The van der Waals surface area contributed by atoms with Gasteiger partial charge in [0.25, 0.3) is 11.8 Å². The molecule has 148 valence electrons. The van der Waals surface area contributed by atoms with Gasteiger partial charge in [0, 0.05) is 12.2 Å². The summed E-state index contributed by atoms with van der Waals surface area (Å²) < 4.78 is 28.9. The Morgan fingerprint density at radius 2 is 1.75 bits per heavy atom. The maximum Gasteiger partial charge on any atom is 0.262 e. The summed E-state index contributed by atoms with van der Waals surface area (Å²) in [6.45, 7) is 0. The molecule has 1 aliphatic carbocycles. The van der Waals surface area contributed by atoms with E-state index in [4.69, 9.17) is 4.52 Å². The summed E-state index contributed by atoms with van der Waals surface area (Å²) in [5.74, 6) is -0.269. The molecular weight excluding hydrogens is 382 g/mol. The molecule has 2 heterocycles. The molecule has 0 N–H and O–H groups in total. The number of aromatic nitrogens is 2. The average molecular weight is 403 g/mol. The third-order valence-corrected chi connectivity index (χ3v) is 6.34. The van der Waals surface area contributed by atoms with Crippen molar-refractivity contribution in [2.45, 2.75) is 44.1 Å². The molecule has 1 aromatic carbocycles. The number of rotatable bonds is 6. The van der Waals surface area contributed by atoms with Crippen molar-refractivity contribution in [3.63, 3.8) is 0 Å². The number of carbonyl (C=O) groups excluding carboxylic acids is 2. The van der Waals surface area contributed by atoms with Crippen LogP contribution in [0.25, 0.3) is 0 Å². The lowest BCUT2D eigenvalue weighted by Crippen LogP contribution is -2.35. The maximum atomic E-state index is 12.9. The summed E-state index contributed by atoms with van der Waals surface area (Å²) in [6.07, 6.45) is 5.27. The van der Waals surface area contributed by atoms with Crippen molar-refractivity contribution in [1.29, 1.82) is 0 Å². The minimum absolute atomic E-state index is 0.0105. The summed E-state index contributed by atoms with van der Waals surface area (Å²) in [5.41, 5.74) is 0.597. The fourth-order valence-corrected chi connectivity index (χ4v) is 4.56. The normalized spacial score (nSPS) is 18.7. The highest BCUT2D eigenvalue weighted by molar-refractivity contribution is 7.90. The third kappa shape index (κ3) is 3.46. The van der Waals surface area contributed by atoms with Gasteiger partial charge in [-0.3, -0.25) is 14.5 Å². The zero-order valence-corrected chi connectivity index (χ0v) is 16.3. The van der Waals surface area contributed by atoms with Crippen molar-refractivity contribution >= 4 is 21.7 Å². The second-order valence-corrected chi connectivity index (χ2v) is 9.69. The van der Waals surface area contributed by atoms with E-state index in [1.54, 1.807) is 24.3 Å². The quantitative estimate of drug-likeness (QED) is 0.681. The zero-order chi connectivity index (χ0) is 19.9. The lowest BCUT2D eigenvalue weighted by Gasteiger charge is -2.22. The SMILES string of the molecule is CS(=O)(=O)CC[C@H](c1nc(C2CCCC2)no1)N1C(=O)c2ccccc2C1=O. The summed E-state index contributed by atoms with van der Waals surface area (Å²) in [6, 6.07) is 5.63. The number of imide groups is 1. The molecule has 0 bridgehead atoms. The fraction of sp³-hybridized carbons (Fsp3) is 0.474. The second-order valence-electron chi connectivity index (χ2n) is 7.43. The maximum absolute atomic E-state index is 12.9. The van der Waals surface area contributed by atoms with Crippen LogP contribution in [0.3, 0.4) is 0 Å². The van der Waals surface area contributed by atoms with Crippen molar-refractivity contribution in [3.8, 4) is 0 Å². The Kier molecular flexibility index (Phi) is 4.78. The topological polar surface area (TPSA) is 110 Å². The van der Waals surface area contributed by atoms with E-state index in [1.807, 2.05) is 0 Å². The summed E-state index contributed by atoms with van der Waals surface area (Å²) in [5, 5.41) is 4.05. The van der Waals surface area contributed by atoms with Crippen LogP contribution < -0.4 is 0 Å². The first-order valence-corrected chi connectivity index (χ1v) is 11.4. The molecule has 9 heteroatoms. The number of benzene rings is 1. The van der Waals surface area contributed by atoms with Gasteiger partial charge in [-0.25, -0.2) is 8.42 Å². The number of fused-ring (bicyclic) bond motifs is 1. The number of sulfone groups is 1. The Morgan fingerprint density at radius 1 is 1.14 bits per heavy atom. The van der Waals surface area contributed by atoms with Gasteiger partial charge in [0.1, 0.15) is 15.9 Å². The predicted molar refractivity (Wildman–Crippen MR) is 99.5 cm³/mol. The lowest BCUT2D eigenvalue weighted by atomic mass is 10.1. The van der Waals surface area contributed by atoms with Crippen molar-refractivity contribution < 1.29 is 22.5 Å². The first-order chi connectivity index (χ1) is 13.3. The van der Waals surface area contributed by atoms with E-state index in [-0.39, 0.29) is 24.0 Å². The van der Waals surface area contributed by atoms with Gasteiger partial charge in [-0.05, 0) is 31.4 Å². The summed E-state index contributed by atoms with van der Waals surface area (Å²) in [7, 11) is -3.31. The van der Waals surface area contributed by atoms with Crippen LogP contribution in [-0.2, 0) is 9.84 Å². The van der Waals surface area contributed by atoms with E-state index in [9.17, 15) is 18.0 Å². The van der Waals surface area contributed by atoms with Crippen molar-refractivity contribution in [3.05, 3.63) is 47.1 Å². The van der Waals surface area contributed by atoms with Gasteiger partial charge in [0.2, 0.25) is 5.89 Å². The molecule has 1 atom stereocenters. The molecule has 4 rings (SSSR count). The summed E-state index contributed by atoms with van der Waals surface area (Å²) in [4.78, 5) is 31.3. The van der Waals surface area contributed by atoms with E-state index < -0.39 is 27.7 Å². The van der Waals surface area contributed by atoms with Crippen LogP contribution in [0.4, 0.5) is 0 Å². The van der Waals surface area contributed by atoms with Crippen LogP contribution in [-0.4, -0.2) is 47.3 Å².